The molecule has 0 aliphatic carbocycles. The first-order valence-corrected chi connectivity index (χ1v) is 9.58. The molecule has 0 aliphatic heterocycles. The molecule has 4 N–H and O–H groups in total. The summed E-state index contributed by atoms with van der Waals surface area (Å²) in [7, 11) is 0. The summed E-state index contributed by atoms with van der Waals surface area (Å²) in [6.45, 7) is 8.51. The Balaban J connectivity index is 0.00000450. The maximum atomic E-state index is 13.6. The van der Waals surface area contributed by atoms with Gasteiger partial charge in [0.25, 0.3) is 5.91 Å². The molecule has 30 heavy (non-hydrogen) atoms. The van der Waals surface area contributed by atoms with E-state index in [1.807, 2.05) is 13.8 Å². The number of furan rings is 1. The topological polar surface area (TPSA) is 98.9 Å². The number of rotatable bonds is 8. The number of guanidine groups is 1. The van der Waals surface area contributed by atoms with Gasteiger partial charge in [0.05, 0.1) is 6.54 Å². The second-order valence-electron chi connectivity index (χ2n) is 7.03. The number of halogens is 2. The molecular formula is C21H30FIN4O3. The Morgan fingerprint density at radius 2 is 1.87 bits per heavy atom. The van der Waals surface area contributed by atoms with Gasteiger partial charge in [0, 0.05) is 25.2 Å². The van der Waals surface area contributed by atoms with Crippen LogP contribution < -0.4 is 16.0 Å². The largest absolute Gasteiger partial charge is 0.463 e. The number of hydrogen-bond acceptors (Lipinski definition) is 4. The SMILES string of the molecule is CCNC(=NCC(C)(O)c1ccc(C)o1)NCCNC(=O)c1ccc(C)c(F)c1.I. The molecule has 0 saturated heterocycles. The molecule has 1 heterocycles. The summed E-state index contributed by atoms with van der Waals surface area (Å²) in [5, 5.41) is 19.5. The van der Waals surface area contributed by atoms with Crippen LogP contribution in [0.3, 0.4) is 0 Å². The van der Waals surface area contributed by atoms with Crippen LogP contribution in [0.25, 0.3) is 0 Å². The van der Waals surface area contributed by atoms with E-state index in [0.29, 0.717) is 36.9 Å². The van der Waals surface area contributed by atoms with Gasteiger partial charge in [0.1, 0.15) is 22.9 Å². The Morgan fingerprint density at radius 3 is 2.47 bits per heavy atom. The number of hydrogen-bond donors (Lipinski definition) is 4. The monoisotopic (exact) mass is 532 g/mol. The normalized spacial score (nSPS) is 13.2. The smallest absolute Gasteiger partial charge is 0.251 e. The zero-order valence-electron chi connectivity index (χ0n) is 17.7. The fraction of sp³-hybridized carbons (Fsp3) is 0.429. The number of amides is 1. The van der Waals surface area contributed by atoms with Crippen LogP contribution in [0.5, 0.6) is 0 Å². The zero-order chi connectivity index (χ0) is 21.4. The van der Waals surface area contributed by atoms with E-state index in [4.69, 9.17) is 4.42 Å². The second kappa shape index (κ2) is 11.9. The quantitative estimate of drug-likeness (QED) is 0.182. The van der Waals surface area contributed by atoms with Crippen molar-refractivity contribution in [1.82, 2.24) is 16.0 Å². The van der Waals surface area contributed by atoms with Crippen molar-refractivity contribution in [3.05, 3.63) is 58.8 Å². The van der Waals surface area contributed by atoms with Crippen LogP contribution >= 0.6 is 24.0 Å². The number of aryl methyl sites for hydroxylation is 2. The standard InChI is InChI=1S/C21H29FN4O3.HI/c1-5-23-20(26-13-21(4,28)18-9-7-15(3)29-18)25-11-10-24-19(27)16-8-6-14(2)17(22)12-16;/h6-9,12,28H,5,10-11,13H2,1-4H3,(H,24,27)(H2,23,25,26);1H. The molecule has 0 aliphatic rings. The Hall–Kier alpha value is -2.14. The van der Waals surface area contributed by atoms with Crippen molar-refractivity contribution < 1.29 is 18.7 Å². The highest BCUT2D eigenvalue weighted by Gasteiger charge is 2.26. The fourth-order valence-corrected chi connectivity index (χ4v) is 2.57. The van der Waals surface area contributed by atoms with Gasteiger partial charge < -0.3 is 25.5 Å². The molecule has 166 valence electrons. The van der Waals surface area contributed by atoms with Gasteiger partial charge in [-0.05, 0) is 57.5 Å². The van der Waals surface area contributed by atoms with Gasteiger partial charge in [-0.15, -0.1) is 24.0 Å². The van der Waals surface area contributed by atoms with E-state index < -0.39 is 11.4 Å². The summed E-state index contributed by atoms with van der Waals surface area (Å²) in [6, 6.07) is 7.91. The summed E-state index contributed by atoms with van der Waals surface area (Å²) in [6.07, 6.45) is 0. The summed E-state index contributed by atoms with van der Waals surface area (Å²) in [4.78, 5) is 16.5. The lowest BCUT2D eigenvalue weighted by molar-refractivity contribution is 0.0428. The van der Waals surface area contributed by atoms with E-state index in [1.165, 1.54) is 6.07 Å². The summed E-state index contributed by atoms with van der Waals surface area (Å²) in [5.41, 5.74) is -0.464. The molecule has 2 aromatic rings. The molecule has 0 radical (unpaired) electrons. The average Bonchev–Trinajstić information content (AvgIpc) is 3.12. The van der Waals surface area contributed by atoms with Gasteiger partial charge in [-0.3, -0.25) is 4.79 Å². The number of carbonyl (C=O) groups is 1. The van der Waals surface area contributed by atoms with Crippen molar-refractivity contribution in [1.29, 1.82) is 0 Å². The van der Waals surface area contributed by atoms with Gasteiger partial charge in [-0.25, -0.2) is 9.38 Å². The molecule has 2 rings (SSSR count). The van der Waals surface area contributed by atoms with Crippen LogP contribution in [-0.2, 0) is 5.60 Å². The minimum atomic E-state index is -1.24. The van der Waals surface area contributed by atoms with Gasteiger partial charge in [0.2, 0.25) is 0 Å². The second-order valence-corrected chi connectivity index (χ2v) is 7.03. The Bertz CT molecular complexity index is 868. The molecule has 1 amide bonds. The van der Waals surface area contributed by atoms with Crippen molar-refractivity contribution in [2.45, 2.75) is 33.3 Å². The van der Waals surface area contributed by atoms with Gasteiger partial charge >= 0.3 is 0 Å². The molecule has 1 aromatic carbocycles. The molecule has 0 spiro atoms. The summed E-state index contributed by atoms with van der Waals surface area (Å²) < 4.78 is 19.1. The minimum Gasteiger partial charge on any atom is -0.463 e. The Labute approximate surface area is 193 Å². The Kier molecular flexibility index (Phi) is 10.3. The van der Waals surface area contributed by atoms with Crippen LogP contribution in [0.15, 0.2) is 39.7 Å². The highest BCUT2D eigenvalue weighted by atomic mass is 127. The van der Waals surface area contributed by atoms with Crippen LogP contribution in [0.1, 0.15) is 41.3 Å². The molecule has 0 bridgehead atoms. The molecule has 1 unspecified atom stereocenters. The number of aliphatic hydroxyl groups is 1. The van der Waals surface area contributed by atoms with Crippen LogP contribution in [0.4, 0.5) is 4.39 Å². The number of benzene rings is 1. The number of carbonyl (C=O) groups excluding carboxylic acids is 1. The van der Waals surface area contributed by atoms with E-state index in [9.17, 15) is 14.3 Å². The zero-order valence-corrected chi connectivity index (χ0v) is 20.0. The Morgan fingerprint density at radius 1 is 1.17 bits per heavy atom. The first kappa shape index (κ1) is 25.9. The maximum absolute atomic E-state index is 13.6. The molecule has 0 saturated carbocycles. The van der Waals surface area contributed by atoms with Gasteiger partial charge in [0.15, 0.2) is 5.96 Å². The lowest BCUT2D eigenvalue weighted by Gasteiger charge is -2.19. The predicted molar refractivity (Wildman–Crippen MR) is 126 cm³/mol. The van der Waals surface area contributed by atoms with Gasteiger partial charge in [-0.2, -0.15) is 0 Å². The molecule has 9 heteroatoms. The third kappa shape index (κ3) is 7.60. The summed E-state index contributed by atoms with van der Waals surface area (Å²) in [5.74, 6) is 0.928. The highest BCUT2D eigenvalue weighted by Crippen LogP contribution is 2.23. The van der Waals surface area contributed by atoms with E-state index >= 15 is 0 Å². The van der Waals surface area contributed by atoms with E-state index in [0.717, 1.165) is 5.76 Å². The summed E-state index contributed by atoms with van der Waals surface area (Å²) >= 11 is 0. The first-order valence-electron chi connectivity index (χ1n) is 9.58. The fourth-order valence-electron chi connectivity index (χ4n) is 2.57. The van der Waals surface area contributed by atoms with Crippen LogP contribution in [0.2, 0.25) is 0 Å². The molecular weight excluding hydrogens is 502 g/mol. The lowest BCUT2D eigenvalue weighted by Crippen LogP contribution is -2.42. The van der Waals surface area contributed by atoms with Crippen molar-refractivity contribution in [3.63, 3.8) is 0 Å². The predicted octanol–water partition coefficient (Wildman–Crippen LogP) is 2.85. The van der Waals surface area contributed by atoms with Gasteiger partial charge in [-0.1, -0.05) is 6.07 Å². The number of aliphatic imine (C=N–C) groups is 1. The average molecular weight is 532 g/mol. The third-order valence-electron chi connectivity index (χ3n) is 4.30. The number of nitrogens with one attached hydrogen (secondary N) is 3. The van der Waals surface area contributed by atoms with Crippen molar-refractivity contribution in [2.75, 3.05) is 26.2 Å². The molecule has 1 atom stereocenters. The van der Waals surface area contributed by atoms with Crippen molar-refractivity contribution >= 4 is 35.8 Å². The maximum Gasteiger partial charge on any atom is 0.251 e. The lowest BCUT2D eigenvalue weighted by atomic mass is 10.0. The van der Waals surface area contributed by atoms with E-state index in [2.05, 4.69) is 20.9 Å². The van der Waals surface area contributed by atoms with Crippen molar-refractivity contribution in [3.8, 4) is 0 Å². The van der Waals surface area contributed by atoms with Crippen LogP contribution in [0, 0.1) is 19.7 Å². The third-order valence-corrected chi connectivity index (χ3v) is 4.30. The number of nitrogens with zero attached hydrogens (tertiary/aromatic N) is 1. The van der Waals surface area contributed by atoms with E-state index in [-0.39, 0.29) is 42.0 Å². The first-order chi connectivity index (χ1) is 13.7. The molecule has 1 aromatic heterocycles. The highest BCUT2D eigenvalue weighted by molar-refractivity contribution is 14.0. The van der Waals surface area contributed by atoms with E-state index in [1.54, 1.807) is 38.1 Å². The minimum absolute atomic E-state index is 0. The molecule has 7 nitrogen and oxygen atoms in total. The molecule has 0 fully saturated rings. The van der Waals surface area contributed by atoms with Crippen molar-refractivity contribution in [2.24, 2.45) is 4.99 Å². The van der Waals surface area contributed by atoms with Crippen LogP contribution in [-0.4, -0.2) is 43.2 Å².